The maximum atomic E-state index is 9.05. The molecule has 5 heteroatoms. The van der Waals surface area contributed by atoms with Crippen LogP contribution in [0.5, 0.6) is 5.75 Å². The summed E-state index contributed by atoms with van der Waals surface area (Å²) in [5.74, 6) is 0.765. The number of aromatic nitrogens is 2. The lowest BCUT2D eigenvalue weighted by Gasteiger charge is -2.11. The predicted octanol–water partition coefficient (Wildman–Crippen LogP) is 5.23. The molecule has 26 heavy (non-hydrogen) atoms. The summed E-state index contributed by atoms with van der Waals surface area (Å²) in [4.78, 5) is 4.42. The fourth-order valence-electron chi connectivity index (χ4n) is 3.02. The van der Waals surface area contributed by atoms with E-state index in [4.69, 9.17) is 21.6 Å². The van der Waals surface area contributed by atoms with E-state index in [1.165, 1.54) is 0 Å². The molecule has 4 nitrogen and oxygen atoms in total. The van der Waals surface area contributed by atoms with Crippen LogP contribution in [0, 0.1) is 11.3 Å². The summed E-state index contributed by atoms with van der Waals surface area (Å²) >= 11 is 6.17. The lowest BCUT2D eigenvalue weighted by Crippen LogP contribution is -1.93. The molecule has 0 saturated heterocycles. The summed E-state index contributed by atoms with van der Waals surface area (Å²) in [6.07, 6.45) is 1.76. The van der Waals surface area contributed by atoms with Gasteiger partial charge < -0.3 is 4.74 Å². The van der Waals surface area contributed by atoms with Gasteiger partial charge in [-0.3, -0.25) is 4.57 Å². The molecule has 0 aliphatic heterocycles. The Bertz CT molecular complexity index is 1160. The van der Waals surface area contributed by atoms with Crippen molar-refractivity contribution in [3.8, 4) is 28.6 Å². The second kappa shape index (κ2) is 6.55. The fourth-order valence-corrected chi connectivity index (χ4v) is 3.19. The second-order valence-electron chi connectivity index (χ2n) is 5.82. The Labute approximate surface area is 155 Å². The lowest BCUT2D eigenvalue weighted by molar-refractivity contribution is 0.416. The van der Waals surface area contributed by atoms with Gasteiger partial charge in [0, 0.05) is 16.3 Å². The predicted molar refractivity (Wildman–Crippen MR) is 103 cm³/mol. The van der Waals surface area contributed by atoms with Crippen LogP contribution < -0.4 is 4.74 Å². The average molecular weight is 360 g/mol. The standard InChI is InChI=1S/C21H14ClN3O/c1-26-21-8-6-16(22)11-18(21)15-3-2-4-17(10-15)25-13-24-19-9-14(12-23)5-7-20(19)25/h2-11,13H,1H3. The van der Waals surface area contributed by atoms with Crippen molar-refractivity contribution in [2.75, 3.05) is 7.11 Å². The number of benzene rings is 3. The van der Waals surface area contributed by atoms with Crippen LogP contribution in [0.2, 0.25) is 5.02 Å². The molecule has 4 aromatic rings. The molecular formula is C21H14ClN3O. The molecule has 4 rings (SSSR count). The number of hydrogen-bond donors (Lipinski definition) is 0. The molecule has 0 unspecified atom stereocenters. The van der Waals surface area contributed by atoms with Crippen molar-refractivity contribution in [3.63, 3.8) is 0 Å². The van der Waals surface area contributed by atoms with E-state index in [0.717, 1.165) is 33.6 Å². The zero-order chi connectivity index (χ0) is 18.1. The number of imidazole rings is 1. The van der Waals surface area contributed by atoms with Crippen LogP contribution in [0.1, 0.15) is 5.56 Å². The summed E-state index contributed by atoms with van der Waals surface area (Å²) in [7, 11) is 1.65. The third-order valence-electron chi connectivity index (χ3n) is 4.27. The smallest absolute Gasteiger partial charge is 0.126 e. The molecule has 1 heterocycles. The number of nitriles is 1. The number of nitrogens with zero attached hydrogens (tertiary/aromatic N) is 3. The monoisotopic (exact) mass is 359 g/mol. The Morgan fingerprint density at radius 1 is 1.08 bits per heavy atom. The van der Waals surface area contributed by atoms with E-state index in [1.807, 2.05) is 47.0 Å². The van der Waals surface area contributed by atoms with Gasteiger partial charge in [-0.1, -0.05) is 23.7 Å². The Kier molecular flexibility index (Phi) is 4.08. The van der Waals surface area contributed by atoms with Crippen molar-refractivity contribution in [1.82, 2.24) is 9.55 Å². The highest BCUT2D eigenvalue weighted by Gasteiger charge is 2.10. The number of fused-ring (bicyclic) bond motifs is 1. The van der Waals surface area contributed by atoms with E-state index in [2.05, 4.69) is 17.1 Å². The highest BCUT2D eigenvalue weighted by atomic mass is 35.5. The number of hydrogen-bond acceptors (Lipinski definition) is 3. The maximum absolute atomic E-state index is 9.05. The van der Waals surface area contributed by atoms with Gasteiger partial charge in [-0.25, -0.2) is 4.98 Å². The van der Waals surface area contributed by atoms with Gasteiger partial charge in [0.1, 0.15) is 12.1 Å². The van der Waals surface area contributed by atoms with Crippen LogP contribution in [0.4, 0.5) is 0 Å². The highest BCUT2D eigenvalue weighted by molar-refractivity contribution is 6.31. The van der Waals surface area contributed by atoms with E-state index in [9.17, 15) is 0 Å². The van der Waals surface area contributed by atoms with E-state index < -0.39 is 0 Å². The molecule has 1 aromatic heterocycles. The molecule has 3 aromatic carbocycles. The van der Waals surface area contributed by atoms with Crippen LogP contribution in [0.15, 0.2) is 67.0 Å². The first kappa shape index (κ1) is 16.2. The molecule has 0 fully saturated rings. The Morgan fingerprint density at radius 2 is 1.96 bits per heavy atom. The molecule has 0 N–H and O–H groups in total. The Morgan fingerprint density at radius 3 is 2.77 bits per heavy atom. The van der Waals surface area contributed by atoms with Gasteiger partial charge in [-0.2, -0.15) is 5.26 Å². The SMILES string of the molecule is COc1ccc(Cl)cc1-c1cccc(-n2cnc3cc(C#N)ccc32)c1. The summed E-state index contributed by atoms with van der Waals surface area (Å²) in [6, 6.07) is 21.3. The van der Waals surface area contributed by atoms with Crippen molar-refractivity contribution in [3.05, 3.63) is 77.6 Å². The first-order chi connectivity index (χ1) is 12.7. The van der Waals surface area contributed by atoms with E-state index in [0.29, 0.717) is 10.6 Å². The zero-order valence-electron chi connectivity index (χ0n) is 14.0. The molecule has 0 spiro atoms. The van der Waals surface area contributed by atoms with Crippen molar-refractivity contribution in [1.29, 1.82) is 5.26 Å². The Hall–Kier alpha value is -3.29. The zero-order valence-corrected chi connectivity index (χ0v) is 14.7. The van der Waals surface area contributed by atoms with Crippen molar-refractivity contribution >= 4 is 22.6 Å². The first-order valence-corrected chi connectivity index (χ1v) is 8.39. The minimum Gasteiger partial charge on any atom is -0.496 e. The number of rotatable bonds is 3. The normalized spacial score (nSPS) is 10.7. The largest absolute Gasteiger partial charge is 0.496 e. The third-order valence-corrected chi connectivity index (χ3v) is 4.51. The van der Waals surface area contributed by atoms with Gasteiger partial charge in [0.15, 0.2) is 0 Å². The molecule has 0 aliphatic carbocycles. The molecule has 0 amide bonds. The lowest BCUT2D eigenvalue weighted by atomic mass is 10.0. The van der Waals surface area contributed by atoms with Gasteiger partial charge >= 0.3 is 0 Å². The molecule has 0 bridgehead atoms. The summed E-state index contributed by atoms with van der Waals surface area (Å²) in [5, 5.41) is 9.70. The van der Waals surface area contributed by atoms with Gasteiger partial charge in [0.2, 0.25) is 0 Å². The average Bonchev–Trinajstić information content (AvgIpc) is 3.11. The summed E-state index contributed by atoms with van der Waals surface area (Å²) in [6.45, 7) is 0. The van der Waals surface area contributed by atoms with E-state index in [1.54, 1.807) is 25.6 Å². The van der Waals surface area contributed by atoms with Crippen molar-refractivity contribution in [2.24, 2.45) is 0 Å². The molecule has 126 valence electrons. The van der Waals surface area contributed by atoms with Crippen molar-refractivity contribution < 1.29 is 4.74 Å². The van der Waals surface area contributed by atoms with E-state index in [-0.39, 0.29) is 0 Å². The van der Waals surface area contributed by atoms with E-state index >= 15 is 0 Å². The minimum atomic E-state index is 0.597. The van der Waals surface area contributed by atoms with Crippen molar-refractivity contribution in [2.45, 2.75) is 0 Å². The highest BCUT2D eigenvalue weighted by Crippen LogP contribution is 2.33. The topological polar surface area (TPSA) is 50.8 Å². The quantitative estimate of drug-likeness (QED) is 0.503. The number of halogens is 1. The molecule has 0 aliphatic rings. The van der Waals surface area contributed by atoms with Gasteiger partial charge in [-0.15, -0.1) is 0 Å². The third kappa shape index (κ3) is 2.79. The Balaban J connectivity index is 1.85. The minimum absolute atomic E-state index is 0.597. The van der Waals surface area contributed by atoms with Gasteiger partial charge in [0.05, 0.1) is 29.8 Å². The van der Waals surface area contributed by atoms with Crippen LogP contribution in [-0.4, -0.2) is 16.7 Å². The molecule has 0 atom stereocenters. The molecule has 0 saturated carbocycles. The number of methoxy groups -OCH3 is 1. The molecular weight excluding hydrogens is 346 g/mol. The molecule has 0 radical (unpaired) electrons. The summed E-state index contributed by atoms with van der Waals surface area (Å²) in [5.41, 5.74) is 5.22. The summed E-state index contributed by atoms with van der Waals surface area (Å²) < 4.78 is 7.47. The van der Waals surface area contributed by atoms with Gasteiger partial charge in [-0.05, 0) is 54.1 Å². The van der Waals surface area contributed by atoms with Crippen LogP contribution >= 0.6 is 11.6 Å². The van der Waals surface area contributed by atoms with Crippen LogP contribution in [0.25, 0.3) is 27.8 Å². The van der Waals surface area contributed by atoms with Crippen LogP contribution in [-0.2, 0) is 0 Å². The first-order valence-electron chi connectivity index (χ1n) is 8.01. The van der Waals surface area contributed by atoms with Gasteiger partial charge in [0.25, 0.3) is 0 Å². The number of ether oxygens (including phenoxy) is 1. The van der Waals surface area contributed by atoms with Crippen LogP contribution in [0.3, 0.4) is 0 Å². The maximum Gasteiger partial charge on any atom is 0.126 e. The fraction of sp³-hybridized carbons (Fsp3) is 0.0476. The second-order valence-corrected chi connectivity index (χ2v) is 6.26.